The van der Waals surface area contributed by atoms with Gasteiger partial charge >= 0.3 is 0 Å². The Labute approximate surface area is 74.9 Å². The third-order valence-electron chi connectivity index (χ3n) is 2.08. The zero-order valence-corrected chi connectivity index (χ0v) is 8.12. The van der Waals surface area contributed by atoms with Crippen LogP contribution in [0.4, 0.5) is 0 Å². The Bertz CT molecular complexity index is 128. The largest absolute Gasteiger partial charge is 0.377 e. The van der Waals surface area contributed by atoms with Gasteiger partial charge in [0.1, 0.15) is 0 Å². The third-order valence-corrected chi connectivity index (χ3v) is 2.08. The summed E-state index contributed by atoms with van der Waals surface area (Å²) in [6.45, 7) is 8.23. The van der Waals surface area contributed by atoms with Gasteiger partial charge in [-0.25, -0.2) is 0 Å². The van der Waals surface area contributed by atoms with Crippen LogP contribution in [0.15, 0.2) is 0 Å². The first-order chi connectivity index (χ1) is 5.68. The maximum Gasteiger partial charge on any atom is 0.0673 e. The summed E-state index contributed by atoms with van der Waals surface area (Å²) in [5, 5.41) is 0. The Morgan fingerprint density at radius 2 is 2.42 bits per heavy atom. The van der Waals surface area contributed by atoms with Crippen molar-refractivity contribution >= 4 is 0 Å². The summed E-state index contributed by atoms with van der Waals surface area (Å²) in [6, 6.07) is 0.273. The average molecular weight is 172 g/mol. The van der Waals surface area contributed by atoms with Crippen LogP contribution in [0.2, 0.25) is 0 Å². The van der Waals surface area contributed by atoms with Gasteiger partial charge in [0.25, 0.3) is 0 Å². The molecule has 0 spiro atoms. The number of nitrogens with two attached hydrogens (primary N) is 1. The molecule has 72 valence electrons. The molecule has 0 aromatic rings. The van der Waals surface area contributed by atoms with Crippen molar-refractivity contribution in [2.45, 2.75) is 32.4 Å². The van der Waals surface area contributed by atoms with Crippen LogP contribution in [0.25, 0.3) is 0 Å². The van der Waals surface area contributed by atoms with Crippen molar-refractivity contribution in [3.63, 3.8) is 0 Å². The summed E-state index contributed by atoms with van der Waals surface area (Å²) in [5.74, 6) is 0. The molecular weight excluding hydrogens is 152 g/mol. The molecule has 1 saturated heterocycles. The SMILES string of the molecule is CC1CN(C[C@@H](C)N)CCCO1. The van der Waals surface area contributed by atoms with E-state index in [1.807, 2.05) is 0 Å². The van der Waals surface area contributed by atoms with Gasteiger partial charge in [0, 0.05) is 32.3 Å². The fourth-order valence-electron chi connectivity index (χ4n) is 1.65. The van der Waals surface area contributed by atoms with E-state index < -0.39 is 0 Å². The molecule has 0 saturated carbocycles. The minimum absolute atomic E-state index is 0.273. The second-order valence-corrected chi connectivity index (χ2v) is 3.77. The molecule has 1 fully saturated rings. The molecule has 1 rings (SSSR count). The van der Waals surface area contributed by atoms with E-state index in [-0.39, 0.29) is 6.04 Å². The Balaban J connectivity index is 2.31. The molecule has 0 amide bonds. The Hall–Kier alpha value is -0.120. The van der Waals surface area contributed by atoms with Crippen molar-refractivity contribution < 1.29 is 4.74 Å². The minimum Gasteiger partial charge on any atom is -0.377 e. The molecule has 1 heterocycles. The Morgan fingerprint density at radius 1 is 1.67 bits per heavy atom. The highest BCUT2D eigenvalue weighted by Gasteiger charge is 2.15. The molecule has 0 aliphatic carbocycles. The minimum atomic E-state index is 0.273. The quantitative estimate of drug-likeness (QED) is 0.657. The van der Waals surface area contributed by atoms with Crippen molar-refractivity contribution in [1.82, 2.24) is 4.90 Å². The van der Waals surface area contributed by atoms with Gasteiger partial charge in [0.15, 0.2) is 0 Å². The Morgan fingerprint density at radius 3 is 3.08 bits per heavy atom. The van der Waals surface area contributed by atoms with Gasteiger partial charge in [0.2, 0.25) is 0 Å². The molecule has 1 aliphatic rings. The van der Waals surface area contributed by atoms with Gasteiger partial charge in [0.05, 0.1) is 6.10 Å². The summed E-state index contributed by atoms with van der Waals surface area (Å²) in [4.78, 5) is 2.39. The number of hydrogen-bond acceptors (Lipinski definition) is 3. The summed E-state index contributed by atoms with van der Waals surface area (Å²) < 4.78 is 5.53. The number of nitrogens with zero attached hydrogens (tertiary/aromatic N) is 1. The molecule has 2 atom stereocenters. The van der Waals surface area contributed by atoms with Crippen molar-refractivity contribution in [1.29, 1.82) is 0 Å². The smallest absolute Gasteiger partial charge is 0.0673 e. The summed E-state index contributed by atoms with van der Waals surface area (Å²) in [7, 11) is 0. The molecule has 0 radical (unpaired) electrons. The van der Waals surface area contributed by atoms with Crippen LogP contribution in [-0.4, -0.2) is 43.3 Å². The molecule has 0 aromatic carbocycles. The lowest BCUT2D eigenvalue weighted by molar-refractivity contribution is 0.0672. The number of hydrogen-bond donors (Lipinski definition) is 1. The molecule has 2 N–H and O–H groups in total. The summed E-state index contributed by atoms with van der Waals surface area (Å²) in [5.41, 5.74) is 5.74. The monoisotopic (exact) mass is 172 g/mol. The molecule has 3 heteroatoms. The molecule has 0 aromatic heterocycles. The van der Waals surface area contributed by atoms with Crippen molar-refractivity contribution in [3.05, 3.63) is 0 Å². The zero-order chi connectivity index (χ0) is 8.97. The molecule has 1 aliphatic heterocycles. The first-order valence-corrected chi connectivity index (χ1v) is 4.78. The lowest BCUT2D eigenvalue weighted by Crippen LogP contribution is -2.38. The highest BCUT2D eigenvalue weighted by Crippen LogP contribution is 2.04. The standard InChI is InChI=1S/C9H20N2O/c1-8(10)6-11-4-3-5-12-9(2)7-11/h8-9H,3-7,10H2,1-2H3/t8-,9?/m1/s1. The average Bonchev–Trinajstić information content (AvgIpc) is 2.12. The predicted molar refractivity (Wildman–Crippen MR) is 50.1 cm³/mol. The van der Waals surface area contributed by atoms with E-state index in [0.717, 1.165) is 32.7 Å². The predicted octanol–water partition coefficient (Wildman–Crippen LogP) is 0.444. The number of ether oxygens (including phenoxy) is 1. The molecule has 0 bridgehead atoms. The second-order valence-electron chi connectivity index (χ2n) is 3.77. The first kappa shape index (κ1) is 9.96. The van der Waals surface area contributed by atoms with Gasteiger partial charge in [-0.3, -0.25) is 4.90 Å². The fourth-order valence-corrected chi connectivity index (χ4v) is 1.65. The molecule has 1 unspecified atom stereocenters. The van der Waals surface area contributed by atoms with Crippen LogP contribution >= 0.6 is 0 Å². The first-order valence-electron chi connectivity index (χ1n) is 4.78. The topological polar surface area (TPSA) is 38.5 Å². The maximum absolute atomic E-state index is 5.74. The van der Waals surface area contributed by atoms with Gasteiger partial charge in [-0.1, -0.05) is 0 Å². The van der Waals surface area contributed by atoms with E-state index in [4.69, 9.17) is 10.5 Å². The van der Waals surface area contributed by atoms with E-state index in [2.05, 4.69) is 18.7 Å². The number of rotatable bonds is 2. The molecule has 12 heavy (non-hydrogen) atoms. The zero-order valence-electron chi connectivity index (χ0n) is 8.12. The van der Waals surface area contributed by atoms with Crippen molar-refractivity contribution in [2.75, 3.05) is 26.2 Å². The molecule has 3 nitrogen and oxygen atoms in total. The van der Waals surface area contributed by atoms with Crippen LogP contribution < -0.4 is 5.73 Å². The van der Waals surface area contributed by atoms with Crippen LogP contribution in [0.3, 0.4) is 0 Å². The van der Waals surface area contributed by atoms with E-state index >= 15 is 0 Å². The highest BCUT2D eigenvalue weighted by molar-refractivity contribution is 4.69. The van der Waals surface area contributed by atoms with Crippen LogP contribution in [-0.2, 0) is 4.74 Å². The fraction of sp³-hybridized carbons (Fsp3) is 1.00. The lowest BCUT2D eigenvalue weighted by atomic mass is 10.3. The van der Waals surface area contributed by atoms with Gasteiger partial charge in [-0.05, 0) is 20.3 Å². The van der Waals surface area contributed by atoms with E-state index in [0.29, 0.717) is 6.10 Å². The van der Waals surface area contributed by atoms with Crippen LogP contribution in [0.1, 0.15) is 20.3 Å². The van der Waals surface area contributed by atoms with Gasteiger partial charge < -0.3 is 10.5 Å². The third kappa shape index (κ3) is 3.52. The maximum atomic E-state index is 5.74. The van der Waals surface area contributed by atoms with Gasteiger partial charge in [-0.2, -0.15) is 0 Å². The van der Waals surface area contributed by atoms with Gasteiger partial charge in [-0.15, -0.1) is 0 Å². The normalized spacial score (nSPS) is 29.8. The van der Waals surface area contributed by atoms with Crippen LogP contribution in [0, 0.1) is 0 Å². The van der Waals surface area contributed by atoms with Crippen LogP contribution in [0.5, 0.6) is 0 Å². The highest BCUT2D eigenvalue weighted by atomic mass is 16.5. The second kappa shape index (κ2) is 4.80. The molecular formula is C9H20N2O. The van der Waals surface area contributed by atoms with E-state index in [1.165, 1.54) is 0 Å². The van der Waals surface area contributed by atoms with E-state index in [1.54, 1.807) is 0 Å². The van der Waals surface area contributed by atoms with Crippen molar-refractivity contribution in [2.24, 2.45) is 5.73 Å². The Kier molecular flexibility index (Phi) is 3.98. The summed E-state index contributed by atoms with van der Waals surface area (Å²) in [6.07, 6.45) is 1.50. The lowest BCUT2D eigenvalue weighted by Gasteiger charge is -2.23. The van der Waals surface area contributed by atoms with E-state index in [9.17, 15) is 0 Å². The van der Waals surface area contributed by atoms with Crippen molar-refractivity contribution in [3.8, 4) is 0 Å². The summed E-state index contributed by atoms with van der Waals surface area (Å²) >= 11 is 0.